The monoisotopic (exact) mass is 266 g/mol. The fourth-order valence-corrected chi connectivity index (χ4v) is 2.67. The van der Waals surface area contributed by atoms with Crippen molar-refractivity contribution >= 4 is 0 Å². The van der Waals surface area contributed by atoms with Gasteiger partial charge in [-0.15, -0.1) is 0 Å². The van der Waals surface area contributed by atoms with Crippen LogP contribution < -0.4 is 5.32 Å². The fourth-order valence-electron chi connectivity index (χ4n) is 2.67. The predicted molar refractivity (Wildman–Crippen MR) is 74.7 cm³/mol. The zero-order chi connectivity index (χ0) is 13.8. The highest BCUT2D eigenvalue weighted by Gasteiger charge is 2.23. The van der Waals surface area contributed by atoms with E-state index in [1.165, 1.54) is 12.1 Å². The smallest absolute Gasteiger partial charge is 0.165 e. The molecule has 0 aromatic heterocycles. The molecular formula is C15H23FN2O. The second kappa shape index (κ2) is 6.35. The van der Waals surface area contributed by atoms with Gasteiger partial charge >= 0.3 is 0 Å². The molecular weight excluding hydrogens is 243 g/mol. The van der Waals surface area contributed by atoms with E-state index in [-0.39, 0.29) is 11.8 Å². The molecule has 0 amide bonds. The number of phenols is 1. The van der Waals surface area contributed by atoms with Crippen LogP contribution in [0.15, 0.2) is 18.2 Å². The summed E-state index contributed by atoms with van der Waals surface area (Å²) < 4.78 is 13.6. The highest BCUT2D eigenvalue weighted by molar-refractivity contribution is 5.30. The topological polar surface area (TPSA) is 35.5 Å². The summed E-state index contributed by atoms with van der Waals surface area (Å²) in [5, 5.41) is 12.7. The van der Waals surface area contributed by atoms with E-state index in [1.807, 2.05) is 6.07 Å². The lowest BCUT2D eigenvalue weighted by Crippen LogP contribution is -2.45. The number of hydrogen-bond donors (Lipinski definition) is 2. The van der Waals surface area contributed by atoms with Crippen LogP contribution in [-0.4, -0.2) is 36.2 Å². The van der Waals surface area contributed by atoms with Gasteiger partial charge in [-0.05, 0) is 30.0 Å². The largest absolute Gasteiger partial charge is 0.505 e. The second-order valence-corrected chi connectivity index (χ2v) is 5.64. The molecule has 0 radical (unpaired) electrons. The summed E-state index contributed by atoms with van der Waals surface area (Å²) in [6, 6.07) is 5.01. The average molecular weight is 266 g/mol. The molecule has 1 saturated heterocycles. The lowest BCUT2D eigenvalue weighted by Gasteiger charge is -2.36. The normalized spacial score (nSPS) is 18.7. The minimum absolute atomic E-state index is 0.234. The van der Waals surface area contributed by atoms with Crippen molar-refractivity contribution in [1.29, 1.82) is 0 Å². The Morgan fingerprint density at radius 2 is 2.00 bits per heavy atom. The van der Waals surface area contributed by atoms with Crippen molar-refractivity contribution in [1.82, 2.24) is 10.2 Å². The maximum Gasteiger partial charge on any atom is 0.165 e. The molecule has 4 heteroatoms. The van der Waals surface area contributed by atoms with Crippen molar-refractivity contribution in [2.75, 3.05) is 26.2 Å². The number of benzene rings is 1. The molecule has 106 valence electrons. The molecule has 1 aliphatic heterocycles. The van der Waals surface area contributed by atoms with Gasteiger partial charge in [-0.3, -0.25) is 4.90 Å². The van der Waals surface area contributed by atoms with E-state index >= 15 is 0 Å². The Bertz CT molecular complexity index is 417. The zero-order valence-corrected chi connectivity index (χ0v) is 11.7. The molecule has 3 nitrogen and oxygen atoms in total. The lowest BCUT2D eigenvalue weighted by atomic mass is 9.95. The first kappa shape index (κ1) is 14.3. The number of nitrogens with zero attached hydrogens (tertiary/aromatic N) is 1. The Hall–Kier alpha value is -1.13. The number of halogens is 1. The van der Waals surface area contributed by atoms with Crippen molar-refractivity contribution in [3.05, 3.63) is 29.6 Å². The molecule has 19 heavy (non-hydrogen) atoms. The Labute approximate surface area is 114 Å². The molecule has 1 aromatic carbocycles. The molecule has 0 spiro atoms. The first-order valence-electron chi connectivity index (χ1n) is 7.01. The van der Waals surface area contributed by atoms with Crippen LogP contribution in [0.25, 0.3) is 0 Å². The summed E-state index contributed by atoms with van der Waals surface area (Å²) in [6.07, 6.45) is 1.00. The number of hydrogen-bond acceptors (Lipinski definition) is 3. The van der Waals surface area contributed by atoms with Crippen molar-refractivity contribution < 1.29 is 9.50 Å². The molecule has 1 atom stereocenters. The van der Waals surface area contributed by atoms with Gasteiger partial charge in [-0.1, -0.05) is 19.9 Å². The number of rotatable bonds is 4. The van der Waals surface area contributed by atoms with Crippen LogP contribution in [0.5, 0.6) is 5.75 Å². The van der Waals surface area contributed by atoms with E-state index in [4.69, 9.17) is 0 Å². The minimum Gasteiger partial charge on any atom is -0.505 e. The summed E-state index contributed by atoms with van der Waals surface area (Å²) in [4.78, 5) is 2.41. The van der Waals surface area contributed by atoms with Gasteiger partial charge < -0.3 is 10.4 Å². The number of nitrogens with one attached hydrogen (secondary N) is 1. The highest BCUT2D eigenvalue weighted by Crippen LogP contribution is 2.30. The van der Waals surface area contributed by atoms with Gasteiger partial charge in [0, 0.05) is 32.2 Å². The molecule has 2 rings (SSSR count). The zero-order valence-electron chi connectivity index (χ0n) is 11.7. The SMILES string of the molecule is CC(C)C[C@H](c1ccc(O)c(F)c1)N1CCNCC1. The Morgan fingerprint density at radius 1 is 1.32 bits per heavy atom. The summed E-state index contributed by atoms with van der Waals surface area (Å²) in [5.74, 6) is -0.245. The van der Waals surface area contributed by atoms with Gasteiger partial charge in [0.2, 0.25) is 0 Å². The Balaban J connectivity index is 2.22. The summed E-state index contributed by atoms with van der Waals surface area (Å²) in [5.41, 5.74) is 0.964. The van der Waals surface area contributed by atoms with Crippen LogP contribution in [0.2, 0.25) is 0 Å². The standard InChI is InChI=1S/C15H23FN2O/c1-11(2)9-14(18-7-5-17-6-8-18)12-3-4-15(19)13(16)10-12/h3-4,10-11,14,17,19H,5-9H2,1-2H3/t14-/m1/s1. The van der Waals surface area contributed by atoms with Crippen molar-refractivity contribution in [3.63, 3.8) is 0 Å². The van der Waals surface area contributed by atoms with Gasteiger partial charge in [0.1, 0.15) is 0 Å². The first-order valence-corrected chi connectivity index (χ1v) is 7.01. The second-order valence-electron chi connectivity index (χ2n) is 5.64. The van der Waals surface area contributed by atoms with Gasteiger partial charge in [-0.25, -0.2) is 4.39 Å². The van der Waals surface area contributed by atoms with Crippen LogP contribution in [0.3, 0.4) is 0 Å². The first-order chi connectivity index (χ1) is 9.08. The molecule has 2 N–H and O–H groups in total. The Kier molecular flexibility index (Phi) is 4.77. The van der Waals surface area contributed by atoms with E-state index < -0.39 is 5.82 Å². The van der Waals surface area contributed by atoms with Crippen LogP contribution in [0.4, 0.5) is 4.39 Å². The van der Waals surface area contributed by atoms with Crippen molar-refractivity contribution in [2.45, 2.75) is 26.3 Å². The van der Waals surface area contributed by atoms with Gasteiger partial charge in [-0.2, -0.15) is 0 Å². The third-order valence-corrected chi connectivity index (χ3v) is 3.64. The van der Waals surface area contributed by atoms with Crippen molar-refractivity contribution in [3.8, 4) is 5.75 Å². The predicted octanol–water partition coefficient (Wildman–Crippen LogP) is 2.52. The average Bonchev–Trinajstić information content (AvgIpc) is 2.40. The van der Waals surface area contributed by atoms with Gasteiger partial charge in [0.25, 0.3) is 0 Å². The third-order valence-electron chi connectivity index (χ3n) is 3.64. The number of phenolic OH excluding ortho intramolecular Hbond substituents is 1. The highest BCUT2D eigenvalue weighted by atomic mass is 19.1. The third kappa shape index (κ3) is 3.67. The van der Waals surface area contributed by atoms with E-state index in [0.29, 0.717) is 5.92 Å². The molecule has 0 aliphatic carbocycles. The van der Waals surface area contributed by atoms with Crippen molar-refractivity contribution in [2.24, 2.45) is 5.92 Å². The molecule has 0 unspecified atom stereocenters. The molecule has 1 aromatic rings. The lowest BCUT2D eigenvalue weighted by molar-refractivity contribution is 0.153. The van der Waals surface area contributed by atoms with E-state index in [1.54, 1.807) is 0 Å². The molecule has 1 fully saturated rings. The molecule has 0 bridgehead atoms. The van der Waals surface area contributed by atoms with E-state index in [0.717, 1.165) is 38.2 Å². The summed E-state index contributed by atoms with van der Waals surface area (Å²) in [6.45, 7) is 8.31. The van der Waals surface area contributed by atoms with Crippen LogP contribution in [-0.2, 0) is 0 Å². The van der Waals surface area contributed by atoms with Gasteiger partial charge in [0.05, 0.1) is 0 Å². The van der Waals surface area contributed by atoms with Crippen LogP contribution in [0.1, 0.15) is 31.9 Å². The Morgan fingerprint density at radius 3 is 2.58 bits per heavy atom. The number of aromatic hydroxyl groups is 1. The fraction of sp³-hybridized carbons (Fsp3) is 0.600. The minimum atomic E-state index is -0.526. The summed E-state index contributed by atoms with van der Waals surface area (Å²) in [7, 11) is 0. The molecule has 1 heterocycles. The quantitative estimate of drug-likeness (QED) is 0.879. The summed E-state index contributed by atoms with van der Waals surface area (Å²) >= 11 is 0. The van der Waals surface area contributed by atoms with Crippen LogP contribution >= 0.6 is 0 Å². The number of piperazine rings is 1. The van der Waals surface area contributed by atoms with Gasteiger partial charge in [0.15, 0.2) is 11.6 Å². The molecule has 0 saturated carbocycles. The molecule has 1 aliphatic rings. The maximum atomic E-state index is 13.6. The van der Waals surface area contributed by atoms with Crippen LogP contribution in [0, 0.1) is 11.7 Å². The van der Waals surface area contributed by atoms with E-state index in [9.17, 15) is 9.50 Å². The van der Waals surface area contributed by atoms with E-state index in [2.05, 4.69) is 24.1 Å². The maximum absolute atomic E-state index is 13.6.